The minimum absolute atomic E-state index is 0. The van der Waals surface area contributed by atoms with Gasteiger partial charge in [0.2, 0.25) is 0 Å². The van der Waals surface area contributed by atoms with E-state index in [9.17, 15) is 4.79 Å². The van der Waals surface area contributed by atoms with Gasteiger partial charge >= 0.3 is 147 Å². The summed E-state index contributed by atoms with van der Waals surface area (Å²) in [6.45, 7) is 0.480. The van der Waals surface area contributed by atoms with Crippen LogP contribution >= 0.6 is 12.4 Å². The van der Waals surface area contributed by atoms with Crippen LogP contribution in [0.1, 0.15) is 21.6 Å². The number of benzene rings is 1. The van der Waals surface area contributed by atoms with Crippen molar-refractivity contribution in [2.45, 2.75) is 11.9 Å². The van der Waals surface area contributed by atoms with Crippen LogP contribution in [-0.4, -0.2) is 30.8 Å². The van der Waals surface area contributed by atoms with Gasteiger partial charge in [0.1, 0.15) is 0 Å². The summed E-state index contributed by atoms with van der Waals surface area (Å²) in [6, 6.07) is 17.5. The second-order valence-electron chi connectivity index (χ2n) is 5.15. The van der Waals surface area contributed by atoms with Crippen LogP contribution in [0, 0.1) is 0 Å². The Labute approximate surface area is 159 Å². The fraction of sp³-hybridized carbons (Fsp3) is 0.105. The summed E-state index contributed by atoms with van der Waals surface area (Å²) in [4.78, 5) is 20.9. The predicted octanol–water partition coefficient (Wildman–Crippen LogP) is 2.36. The molecule has 0 saturated heterocycles. The fourth-order valence-corrected chi connectivity index (χ4v) is 4.22. The van der Waals surface area contributed by atoms with Crippen molar-refractivity contribution < 1.29 is 4.79 Å². The number of amides is 1. The number of carbonyl (C=O) groups excluding carboxylic acids is 1. The standard InChI is InChI=1S/C19H17N3OSe.ClH/c23-19(22-13-15-6-5-10-20-12-15)17-8-1-2-9-18(17)24-14-16-7-3-4-11-21-16;/h1-12H,13-14H2,(H,22,23);1H. The maximum absolute atomic E-state index is 12.5. The summed E-state index contributed by atoms with van der Waals surface area (Å²) >= 11 is 0.163. The van der Waals surface area contributed by atoms with Crippen LogP contribution in [0.4, 0.5) is 0 Å². The van der Waals surface area contributed by atoms with Crippen LogP contribution < -0.4 is 9.78 Å². The number of rotatable bonds is 6. The molecule has 0 aliphatic carbocycles. The molecule has 4 nitrogen and oxygen atoms in total. The molecule has 0 fully saturated rings. The van der Waals surface area contributed by atoms with E-state index in [1.807, 2.05) is 54.6 Å². The van der Waals surface area contributed by atoms with Gasteiger partial charge in [0, 0.05) is 0 Å². The van der Waals surface area contributed by atoms with E-state index in [2.05, 4.69) is 15.3 Å². The van der Waals surface area contributed by atoms with Crippen LogP contribution in [0.15, 0.2) is 73.2 Å². The summed E-state index contributed by atoms with van der Waals surface area (Å²) in [5, 5.41) is 3.84. The molecule has 0 aliphatic rings. The van der Waals surface area contributed by atoms with E-state index in [1.165, 1.54) is 0 Å². The summed E-state index contributed by atoms with van der Waals surface area (Å²) in [5.74, 6) is -0.0441. The van der Waals surface area contributed by atoms with Crippen molar-refractivity contribution in [3.8, 4) is 0 Å². The molecule has 1 amide bonds. The van der Waals surface area contributed by atoms with E-state index in [4.69, 9.17) is 0 Å². The molecule has 128 valence electrons. The van der Waals surface area contributed by atoms with Crippen molar-refractivity contribution in [3.63, 3.8) is 0 Å². The van der Waals surface area contributed by atoms with Crippen molar-refractivity contribution in [2.24, 2.45) is 0 Å². The average molecular weight is 419 g/mol. The SMILES string of the molecule is Cl.O=C(NCc1cccnc1)c1ccccc1[Se]Cc1ccccn1. The van der Waals surface area contributed by atoms with Gasteiger partial charge in [-0.05, 0) is 0 Å². The number of pyridine rings is 2. The Bertz CT molecular complexity index is 800. The molecule has 2 aromatic heterocycles. The summed E-state index contributed by atoms with van der Waals surface area (Å²) < 4.78 is 1.10. The molecular weight excluding hydrogens is 401 g/mol. The first-order valence-corrected chi connectivity index (χ1v) is 9.68. The molecule has 3 rings (SSSR count). The molecule has 1 aromatic carbocycles. The number of carbonyl (C=O) groups is 1. The normalized spacial score (nSPS) is 9.92. The number of halogens is 1. The maximum atomic E-state index is 12.5. The number of nitrogens with one attached hydrogen (secondary N) is 1. The molecule has 2 heterocycles. The Morgan fingerprint density at radius 2 is 1.84 bits per heavy atom. The number of nitrogens with zero attached hydrogens (tertiary/aromatic N) is 2. The quantitative estimate of drug-likeness (QED) is 0.625. The summed E-state index contributed by atoms with van der Waals surface area (Å²) in [7, 11) is 0. The monoisotopic (exact) mass is 419 g/mol. The predicted molar refractivity (Wildman–Crippen MR) is 102 cm³/mol. The van der Waals surface area contributed by atoms with Crippen LogP contribution in [0.2, 0.25) is 0 Å². The molecule has 0 spiro atoms. The van der Waals surface area contributed by atoms with Gasteiger partial charge in [0.25, 0.3) is 0 Å². The molecule has 0 atom stereocenters. The van der Waals surface area contributed by atoms with Crippen LogP contribution in [0.25, 0.3) is 0 Å². The Morgan fingerprint density at radius 1 is 1.00 bits per heavy atom. The first-order chi connectivity index (χ1) is 11.8. The molecule has 6 heteroatoms. The van der Waals surface area contributed by atoms with Gasteiger partial charge in [-0.3, -0.25) is 0 Å². The molecule has 0 saturated carbocycles. The van der Waals surface area contributed by atoms with Crippen molar-refractivity contribution >= 4 is 37.7 Å². The van der Waals surface area contributed by atoms with E-state index < -0.39 is 0 Å². The van der Waals surface area contributed by atoms with Crippen molar-refractivity contribution in [1.29, 1.82) is 0 Å². The average Bonchev–Trinajstić information content (AvgIpc) is 2.66. The van der Waals surface area contributed by atoms with E-state index in [0.717, 1.165) is 26.6 Å². The molecule has 25 heavy (non-hydrogen) atoms. The number of hydrogen-bond acceptors (Lipinski definition) is 3. The molecule has 1 N–H and O–H groups in total. The van der Waals surface area contributed by atoms with Crippen molar-refractivity contribution in [3.05, 3.63) is 90.0 Å². The van der Waals surface area contributed by atoms with E-state index in [1.54, 1.807) is 18.6 Å². The Hall–Kier alpha value is -2.20. The van der Waals surface area contributed by atoms with Gasteiger partial charge in [-0.2, -0.15) is 0 Å². The van der Waals surface area contributed by atoms with Crippen LogP contribution in [0.3, 0.4) is 0 Å². The second kappa shape index (κ2) is 9.94. The Kier molecular flexibility index (Phi) is 7.61. The third kappa shape index (κ3) is 5.68. The van der Waals surface area contributed by atoms with E-state index >= 15 is 0 Å². The molecular formula is C19H18ClN3OSe. The van der Waals surface area contributed by atoms with Crippen molar-refractivity contribution in [1.82, 2.24) is 15.3 Å². The molecule has 3 aromatic rings. The molecule has 0 aliphatic heterocycles. The Balaban J connectivity index is 0.00000225. The van der Waals surface area contributed by atoms with Gasteiger partial charge in [-0.15, -0.1) is 12.4 Å². The van der Waals surface area contributed by atoms with E-state index in [0.29, 0.717) is 6.54 Å². The zero-order chi connectivity index (χ0) is 16.6. The molecule has 0 bridgehead atoms. The Morgan fingerprint density at radius 3 is 2.60 bits per heavy atom. The summed E-state index contributed by atoms with van der Waals surface area (Å²) in [6.07, 6.45) is 5.29. The van der Waals surface area contributed by atoms with Gasteiger partial charge in [0.15, 0.2) is 0 Å². The zero-order valence-corrected chi connectivity index (χ0v) is 16.0. The molecule has 0 radical (unpaired) electrons. The van der Waals surface area contributed by atoms with Gasteiger partial charge in [0.05, 0.1) is 0 Å². The first kappa shape index (κ1) is 19.1. The van der Waals surface area contributed by atoms with Gasteiger partial charge < -0.3 is 0 Å². The third-order valence-electron chi connectivity index (χ3n) is 3.41. The fourth-order valence-electron chi connectivity index (χ4n) is 2.20. The number of aromatic nitrogens is 2. The minimum atomic E-state index is -0.0441. The second-order valence-corrected chi connectivity index (χ2v) is 7.28. The van der Waals surface area contributed by atoms with Crippen molar-refractivity contribution in [2.75, 3.05) is 0 Å². The van der Waals surface area contributed by atoms with E-state index in [-0.39, 0.29) is 33.3 Å². The number of hydrogen-bond donors (Lipinski definition) is 1. The van der Waals surface area contributed by atoms with Gasteiger partial charge in [-0.1, -0.05) is 0 Å². The third-order valence-corrected chi connectivity index (χ3v) is 5.73. The van der Waals surface area contributed by atoms with Crippen LogP contribution in [0.5, 0.6) is 0 Å². The van der Waals surface area contributed by atoms with Crippen LogP contribution in [-0.2, 0) is 11.9 Å². The van der Waals surface area contributed by atoms with Gasteiger partial charge in [-0.25, -0.2) is 0 Å². The summed E-state index contributed by atoms with van der Waals surface area (Å²) in [5.41, 5.74) is 2.79. The zero-order valence-electron chi connectivity index (χ0n) is 13.5. The molecule has 0 unspecified atom stereocenters. The first-order valence-electron chi connectivity index (χ1n) is 7.62. The topological polar surface area (TPSA) is 54.9 Å².